The number of urea groups is 1. The number of methoxy groups -OCH3 is 1. The Kier molecular flexibility index (Phi) is 6.28. The van der Waals surface area contributed by atoms with Gasteiger partial charge in [-0.25, -0.2) is 4.79 Å². The Balaban J connectivity index is 1.75. The fourth-order valence-corrected chi connectivity index (χ4v) is 3.12. The summed E-state index contributed by atoms with van der Waals surface area (Å²) in [6, 6.07) is 7.89. The minimum atomic E-state index is -0.417. The van der Waals surface area contributed by atoms with Crippen molar-refractivity contribution in [3.8, 4) is 5.75 Å². The van der Waals surface area contributed by atoms with Crippen LogP contribution in [0, 0.1) is 0 Å². The van der Waals surface area contributed by atoms with Crippen LogP contribution in [-0.2, 0) is 6.42 Å². The lowest BCUT2D eigenvalue weighted by molar-refractivity contribution is 0.161. The minimum absolute atomic E-state index is 0.0145. The largest absolute Gasteiger partial charge is 0.497 e. The zero-order valence-electron chi connectivity index (χ0n) is 14.1. The number of aliphatic hydroxyl groups is 1. The van der Waals surface area contributed by atoms with E-state index < -0.39 is 5.54 Å². The fraction of sp³-hybridized carbons (Fsp3) is 0.611. The molecule has 1 saturated carbocycles. The van der Waals surface area contributed by atoms with Gasteiger partial charge in [-0.3, -0.25) is 0 Å². The molecular weight excluding hydrogens is 292 g/mol. The van der Waals surface area contributed by atoms with Crippen LogP contribution in [0.4, 0.5) is 4.79 Å². The minimum Gasteiger partial charge on any atom is -0.497 e. The monoisotopic (exact) mass is 320 g/mol. The SMILES string of the molecule is COc1ccc(CCC(C)NC(=O)NC2(CO)CCCC2)cc1. The third-order valence-electron chi connectivity index (χ3n) is 4.64. The van der Waals surface area contributed by atoms with E-state index in [1.165, 1.54) is 5.56 Å². The molecular formula is C18H28N2O3. The Morgan fingerprint density at radius 2 is 1.96 bits per heavy atom. The second-order valence-electron chi connectivity index (χ2n) is 6.53. The van der Waals surface area contributed by atoms with Gasteiger partial charge in [0.15, 0.2) is 0 Å². The molecule has 1 aliphatic rings. The Labute approximate surface area is 138 Å². The predicted octanol–water partition coefficient (Wildman–Crippen LogP) is 2.62. The van der Waals surface area contributed by atoms with Crippen molar-refractivity contribution in [3.05, 3.63) is 29.8 Å². The number of carbonyl (C=O) groups is 1. The van der Waals surface area contributed by atoms with Gasteiger partial charge in [0.05, 0.1) is 19.3 Å². The van der Waals surface area contributed by atoms with Gasteiger partial charge in [-0.15, -0.1) is 0 Å². The number of aliphatic hydroxyl groups excluding tert-OH is 1. The van der Waals surface area contributed by atoms with E-state index in [2.05, 4.69) is 10.6 Å². The summed E-state index contributed by atoms with van der Waals surface area (Å²) in [4.78, 5) is 12.1. The van der Waals surface area contributed by atoms with Crippen LogP contribution >= 0.6 is 0 Å². The van der Waals surface area contributed by atoms with E-state index in [4.69, 9.17) is 4.74 Å². The average Bonchev–Trinajstić information content (AvgIpc) is 3.02. The van der Waals surface area contributed by atoms with Crippen LogP contribution in [0.2, 0.25) is 0 Å². The maximum Gasteiger partial charge on any atom is 0.315 e. The molecule has 1 aliphatic carbocycles. The summed E-state index contributed by atoms with van der Waals surface area (Å²) >= 11 is 0. The van der Waals surface area contributed by atoms with Crippen molar-refractivity contribution < 1.29 is 14.6 Å². The summed E-state index contributed by atoms with van der Waals surface area (Å²) in [5.41, 5.74) is 0.808. The van der Waals surface area contributed by atoms with Crippen LogP contribution in [-0.4, -0.2) is 36.4 Å². The Morgan fingerprint density at radius 3 is 2.52 bits per heavy atom. The Hall–Kier alpha value is -1.75. The van der Waals surface area contributed by atoms with E-state index in [-0.39, 0.29) is 18.7 Å². The Bertz CT molecular complexity index is 495. The first-order valence-electron chi connectivity index (χ1n) is 8.39. The molecule has 23 heavy (non-hydrogen) atoms. The first-order chi connectivity index (χ1) is 11.1. The van der Waals surface area contributed by atoms with Crippen molar-refractivity contribution in [1.29, 1.82) is 0 Å². The van der Waals surface area contributed by atoms with Crippen LogP contribution in [0.5, 0.6) is 5.75 Å². The number of rotatable bonds is 7. The molecule has 1 atom stereocenters. The summed E-state index contributed by atoms with van der Waals surface area (Å²) in [5.74, 6) is 0.852. The van der Waals surface area contributed by atoms with E-state index >= 15 is 0 Å². The fourth-order valence-electron chi connectivity index (χ4n) is 3.12. The molecule has 1 fully saturated rings. The molecule has 0 heterocycles. The molecule has 1 aromatic rings. The van der Waals surface area contributed by atoms with Crippen molar-refractivity contribution in [1.82, 2.24) is 10.6 Å². The number of hydrogen-bond acceptors (Lipinski definition) is 3. The highest BCUT2D eigenvalue weighted by Gasteiger charge is 2.34. The number of ether oxygens (including phenoxy) is 1. The first kappa shape index (κ1) is 17.6. The van der Waals surface area contributed by atoms with Crippen molar-refractivity contribution in [2.45, 2.75) is 57.0 Å². The topological polar surface area (TPSA) is 70.6 Å². The number of amides is 2. The maximum absolute atomic E-state index is 12.1. The first-order valence-corrected chi connectivity index (χ1v) is 8.39. The second kappa shape index (κ2) is 8.20. The molecule has 2 amide bonds. The summed E-state index contributed by atoms with van der Waals surface area (Å²) in [5, 5.41) is 15.5. The van der Waals surface area contributed by atoms with Crippen LogP contribution in [0.3, 0.4) is 0 Å². The summed E-state index contributed by atoms with van der Waals surface area (Å²) in [6.07, 6.45) is 5.61. The summed E-state index contributed by atoms with van der Waals surface area (Å²) in [6.45, 7) is 2.02. The molecule has 2 rings (SSSR count). The van der Waals surface area contributed by atoms with E-state index in [1.807, 2.05) is 31.2 Å². The summed E-state index contributed by atoms with van der Waals surface area (Å²) in [7, 11) is 1.66. The van der Waals surface area contributed by atoms with E-state index in [0.717, 1.165) is 44.3 Å². The number of carbonyl (C=O) groups excluding carboxylic acids is 1. The van der Waals surface area contributed by atoms with Gasteiger partial charge >= 0.3 is 6.03 Å². The lowest BCUT2D eigenvalue weighted by atomic mass is 9.99. The quantitative estimate of drug-likeness (QED) is 0.723. The molecule has 0 radical (unpaired) electrons. The second-order valence-corrected chi connectivity index (χ2v) is 6.53. The highest BCUT2D eigenvalue weighted by molar-refractivity contribution is 5.75. The molecule has 5 nitrogen and oxygen atoms in total. The van der Waals surface area contributed by atoms with Crippen LogP contribution < -0.4 is 15.4 Å². The van der Waals surface area contributed by atoms with Crippen LogP contribution in [0.1, 0.15) is 44.6 Å². The van der Waals surface area contributed by atoms with Gasteiger partial charge < -0.3 is 20.5 Å². The zero-order valence-corrected chi connectivity index (χ0v) is 14.1. The van der Waals surface area contributed by atoms with Gasteiger partial charge in [-0.1, -0.05) is 25.0 Å². The van der Waals surface area contributed by atoms with Gasteiger partial charge in [0.2, 0.25) is 0 Å². The third-order valence-corrected chi connectivity index (χ3v) is 4.64. The normalized spacial score (nSPS) is 17.5. The molecule has 0 spiro atoms. The number of nitrogens with one attached hydrogen (secondary N) is 2. The van der Waals surface area contributed by atoms with Gasteiger partial charge in [0.25, 0.3) is 0 Å². The molecule has 128 valence electrons. The molecule has 0 bridgehead atoms. The highest BCUT2D eigenvalue weighted by Crippen LogP contribution is 2.28. The van der Waals surface area contributed by atoms with E-state index in [9.17, 15) is 9.90 Å². The van der Waals surface area contributed by atoms with E-state index in [1.54, 1.807) is 7.11 Å². The number of benzene rings is 1. The van der Waals surface area contributed by atoms with Gasteiger partial charge in [-0.05, 0) is 50.3 Å². The average molecular weight is 320 g/mol. The zero-order chi connectivity index (χ0) is 16.7. The van der Waals surface area contributed by atoms with Crippen molar-refractivity contribution in [2.75, 3.05) is 13.7 Å². The molecule has 0 aromatic heterocycles. The summed E-state index contributed by atoms with van der Waals surface area (Å²) < 4.78 is 5.15. The van der Waals surface area contributed by atoms with Crippen molar-refractivity contribution in [2.24, 2.45) is 0 Å². The molecule has 0 aliphatic heterocycles. The number of aryl methyl sites for hydroxylation is 1. The lowest BCUT2D eigenvalue weighted by Gasteiger charge is -2.29. The highest BCUT2D eigenvalue weighted by atomic mass is 16.5. The van der Waals surface area contributed by atoms with Crippen molar-refractivity contribution in [3.63, 3.8) is 0 Å². The third kappa shape index (κ3) is 5.13. The van der Waals surface area contributed by atoms with E-state index in [0.29, 0.717) is 0 Å². The lowest BCUT2D eigenvalue weighted by Crippen LogP contribution is -2.54. The molecule has 3 N–H and O–H groups in total. The Morgan fingerprint density at radius 1 is 1.30 bits per heavy atom. The van der Waals surface area contributed by atoms with Crippen LogP contribution in [0.25, 0.3) is 0 Å². The maximum atomic E-state index is 12.1. The van der Waals surface area contributed by atoms with Crippen molar-refractivity contribution >= 4 is 6.03 Å². The molecule has 5 heteroatoms. The van der Waals surface area contributed by atoms with Crippen LogP contribution in [0.15, 0.2) is 24.3 Å². The molecule has 1 unspecified atom stereocenters. The molecule has 0 saturated heterocycles. The number of hydrogen-bond donors (Lipinski definition) is 3. The molecule has 1 aromatic carbocycles. The van der Waals surface area contributed by atoms with Gasteiger partial charge in [-0.2, -0.15) is 0 Å². The van der Waals surface area contributed by atoms with Gasteiger partial charge in [0.1, 0.15) is 5.75 Å². The predicted molar refractivity (Wildman–Crippen MR) is 90.7 cm³/mol. The van der Waals surface area contributed by atoms with Gasteiger partial charge in [0, 0.05) is 6.04 Å². The standard InChI is InChI=1S/C18H28N2O3/c1-14(5-6-15-7-9-16(23-2)10-8-15)19-17(22)20-18(13-21)11-3-4-12-18/h7-10,14,21H,3-6,11-13H2,1-2H3,(H2,19,20,22). The smallest absolute Gasteiger partial charge is 0.315 e.